The molecule has 1 N–H and O–H groups in total. The van der Waals surface area contributed by atoms with Gasteiger partial charge in [-0.2, -0.15) is 0 Å². The smallest absolute Gasteiger partial charge is 0.119 e. The van der Waals surface area contributed by atoms with Crippen LogP contribution in [0.3, 0.4) is 0 Å². The average molecular weight is 504 g/mol. The van der Waals surface area contributed by atoms with Gasteiger partial charge in [-0.3, -0.25) is 4.90 Å². The van der Waals surface area contributed by atoms with Gasteiger partial charge in [0.2, 0.25) is 0 Å². The van der Waals surface area contributed by atoms with Crippen LogP contribution in [-0.4, -0.2) is 42.5 Å². The monoisotopic (exact) mass is 503 g/mol. The van der Waals surface area contributed by atoms with E-state index in [1.165, 1.54) is 44.1 Å². The van der Waals surface area contributed by atoms with E-state index in [1.807, 2.05) is 18.2 Å². The van der Waals surface area contributed by atoms with Crippen LogP contribution in [-0.2, 0) is 20.7 Å². The number of nitrogens with zero attached hydrogens (tertiary/aromatic N) is 1. The van der Waals surface area contributed by atoms with E-state index in [1.54, 1.807) is 0 Å². The molecule has 3 saturated heterocycles. The zero-order valence-corrected chi connectivity index (χ0v) is 22.4. The molecule has 3 aliphatic heterocycles. The molecular weight excluding hydrogens is 458 g/mol. The van der Waals surface area contributed by atoms with Crippen LogP contribution in [0.4, 0.5) is 0 Å². The molecule has 0 radical (unpaired) electrons. The Morgan fingerprint density at radius 1 is 0.703 bits per heavy atom. The maximum atomic E-state index is 12.4. The molecule has 4 nitrogen and oxygen atoms in total. The highest BCUT2D eigenvalue weighted by molar-refractivity contribution is 5.27. The molecule has 3 heterocycles. The summed E-state index contributed by atoms with van der Waals surface area (Å²) in [6.45, 7) is 3.19. The van der Waals surface area contributed by atoms with Crippen molar-refractivity contribution in [2.45, 2.75) is 88.1 Å². The Morgan fingerprint density at radius 2 is 1.27 bits per heavy atom. The molecule has 2 aromatic carbocycles. The zero-order valence-electron chi connectivity index (χ0n) is 22.4. The van der Waals surface area contributed by atoms with E-state index in [-0.39, 0.29) is 12.1 Å². The number of hydrogen-bond donors (Lipinski definition) is 1. The topological polar surface area (TPSA) is 41.9 Å². The quantitative estimate of drug-likeness (QED) is 0.395. The van der Waals surface area contributed by atoms with Crippen molar-refractivity contribution in [1.82, 2.24) is 4.90 Å². The average Bonchev–Trinajstić information content (AvgIpc) is 3.71. The van der Waals surface area contributed by atoms with Crippen molar-refractivity contribution in [2.24, 2.45) is 17.8 Å². The van der Waals surface area contributed by atoms with E-state index in [0.29, 0.717) is 19.1 Å². The highest BCUT2D eigenvalue weighted by Gasteiger charge is 2.48. The zero-order chi connectivity index (χ0) is 25.1. The van der Waals surface area contributed by atoms with E-state index in [2.05, 4.69) is 47.4 Å². The molecule has 5 aliphatic rings. The van der Waals surface area contributed by atoms with Crippen LogP contribution in [0.5, 0.6) is 0 Å². The first-order valence-electron chi connectivity index (χ1n) is 15.0. The molecule has 37 heavy (non-hydrogen) atoms. The van der Waals surface area contributed by atoms with Crippen LogP contribution in [0.2, 0.25) is 0 Å². The molecule has 0 aromatic heterocycles. The minimum absolute atomic E-state index is 0.198. The van der Waals surface area contributed by atoms with Gasteiger partial charge < -0.3 is 14.6 Å². The lowest BCUT2D eigenvalue weighted by molar-refractivity contribution is -0.217. The Balaban J connectivity index is 1.32. The van der Waals surface area contributed by atoms with Crippen molar-refractivity contribution in [1.29, 1.82) is 0 Å². The van der Waals surface area contributed by atoms with Crippen LogP contribution in [0.15, 0.2) is 60.7 Å². The second kappa shape index (κ2) is 11.2. The Labute approximate surface area is 223 Å². The maximum absolute atomic E-state index is 12.4. The molecule has 2 aliphatic carbocycles. The lowest BCUT2D eigenvalue weighted by atomic mass is 9.78. The molecule has 200 valence electrons. The molecule has 7 rings (SSSR count). The Morgan fingerprint density at radius 3 is 1.84 bits per heavy atom. The third-order valence-corrected chi connectivity index (χ3v) is 10.2. The van der Waals surface area contributed by atoms with Gasteiger partial charge in [0, 0.05) is 13.1 Å². The molecular formula is C33H45NO3. The van der Waals surface area contributed by atoms with Gasteiger partial charge in [0.1, 0.15) is 17.4 Å². The molecule has 2 saturated carbocycles. The Kier molecular flexibility index (Phi) is 7.72. The summed E-state index contributed by atoms with van der Waals surface area (Å²) in [6, 6.07) is 21.1. The van der Waals surface area contributed by atoms with Gasteiger partial charge in [-0.05, 0) is 73.8 Å². The second-order valence-electron chi connectivity index (χ2n) is 12.3. The van der Waals surface area contributed by atoms with E-state index < -0.39 is 11.2 Å². The molecule has 4 heteroatoms. The number of ether oxygens (including phenoxy) is 2. The van der Waals surface area contributed by atoms with E-state index in [9.17, 15) is 5.11 Å². The largest absolute Gasteiger partial charge is 0.382 e. The first kappa shape index (κ1) is 25.6. The van der Waals surface area contributed by atoms with Gasteiger partial charge in [-0.15, -0.1) is 0 Å². The van der Waals surface area contributed by atoms with Crippen molar-refractivity contribution in [3.8, 4) is 0 Å². The summed E-state index contributed by atoms with van der Waals surface area (Å²) in [5, 5.41) is 12.4. The highest BCUT2D eigenvalue weighted by atomic mass is 16.6. The summed E-state index contributed by atoms with van der Waals surface area (Å²) >= 11 is 0. The molecule has 2 bridgehead atoms. The van der Waals surface area contributed by atoms with Gasteiger partial charge in [-0.1, -0.05) is 86.3 Å². The van der Waals surface area contributed by atoms with Gasteiger partial charge >= 0.3 is 0 Å². The minimum Gasteiger partial charge on any atom is -0.382 e. The molecule has 3 atom stereocenters. The van der Waals surface area contributed by atoms with Crippen molar-refractivity contribution >= 4 is 0 Å². The molecule has 2 aromatic rings. The summed E-state index contributed by atoms with van der Waals surface area (Å²) in [5.41, 5.74) is 0.674. The normalized spacial score (nSPS) is 29.8. The van der Waals surface area contributed by atoms with Gasteiger partial charge in [0.15, 0.2) is 0 Å². The van der Waals surface area contributed by atoms with Crippen LogP contribution < -0.4 is 0 Å². The van der Waals surface area contributed by atoms with Gasteiger partial charge in [0.25, 0.3) is 0 Å². The van der Waals surface area contributed by atoms with Gasteiger partial charge in [0.05, 0.1) is 13.2 Å². The third kappa shape index (κ3) is 5.15. The SMILES string of the molecule is OC(COC(COC1CC2CCN1CC2)(c1ccccc1)C1CCCC1)(c1ccccc1)C1CCCC1. The second-order valence-corrected chi connectivity index (χ2v) is 12.3. The Hall–Kier alpha value is -1.72. The van der Waals surface area contributed by atoms with Crippen molar-refractivity contribution in [2.75, 3.05) is 26.3 Å². The van der Waals surface area contributed by atoms with Crippen molar-refractivity contribution < 1.29 is 14.6 Å². The number of fused-ring (bicyclic) bond motifs is 3. The standard InChI is InChI=1S/C33H45NO3/c35-32(28-13-7-8-14-28,27-11-3-1-4-12-27)24-37-33(30-17-9-10-18-30,29-15-5-2-6-16-29)25-36-31-23-26-19-21-34(31)22-20-26/h1-6,11-12,15-16,26,28,30-31,35H,7-10,13-14,17-25H2. The highest BCUT2D eigenvalue weighted by Crippen LogP contribution is 2.48. The molecule has 5 fully saturated rings. The molecule has 0 amide bonds. The summed E-state index contributed by atoms with van der Waals surface area (Å²) in [4.78, 5) is 2.54. The number of hydrogen-bond acceptors (Lipinski definition) is 4. The van der Waals surface area contributed by atoms with E-state index >= 15 is 0 Å². The fourth-order valence-corrected chi connectivity index (χ4v) is 7.90. The minimum atomic E-state index is -0.982. The fourth-order valence-electron chi connectivity index (χ4n) is 7.90. The summed E-state index contributed by atoms with van der Waals surface area (Å²) in [6.07, 6.45) is 13.3. The first-order valence-corrected chi connectivity index (χ1v) is 15.0. The lowest BCUT2D eigenvalue weighted by Crippen LogP contribution is -2.53. The lowest BCUT2D eigenvalue weighted by Gasteiger charge is -2.48. The van der Waals surface area contributed by atoms with E-state index in [4.69, 9.17) is 9.47 Å². The summed E-state index contributed by atoms with van der Waals surface area (Å²) in [7, 11) is 0. The van der Waals surface area contributed by atoms with Crippen LogP contribution >= 0.6 is 0 Å². The third-order valence-electron chi connectivity index (χ3n) is 10.2. The number of benzene rings is 2. The van der Waals surface area contributed by atoms with Crippen LogP contribution in [0.25, 0.3) is 0 Å². The van der Waals surface area contributed by atoms with Crippen molar-refractivity contribution in [3.63, 3.8) is 0 Å². The molecule has 3 unspecified atom stereocenters. The van der Waals surface area contributed by atoms with Crippen LogP contribution in [0.1, 0.15) is 81.8 Å². The number of aliphatic hydroxyl groups is 1. The molecule has 0 spiro atoms. The first-order chi connectivity index (χ1) is 18.2. The number of rotatable bonds is 10. The van der Waals surface area contributed by atoms with Gasteiger partial charge in [-0.25, -0.2) is 0 Å². The predicted molar refractivity (Wildman–Crippen MR) is 147 cm³/mol. The fraction of sp³-hybridized carbons (Fsp3) is 0.636. The summed E-state index contributed by atoms with van der Waals surface area (Å²) in [5.74, 6) is 1.43. The summed E-state index contributed by atoms with van der Waals surface area (Å²) < 4.78 is 14.1. The number of piperidine rings is 3. The Bertz CT molecular complexity index is 979. The van der Waals surface area contributed by atoms with Crippen LogP contribution in [0, 0.1) is 17.8 Å². The van der Waals surface area contributed by atoms with Crippen molar-refractivity contribution in [3.05, 3.63) is 71.8 Å². The van der Waals surface area contributed by atoms with E-state index in [0.717, 1.165) is 56.7 Å². The predicted octanol–water partition coefficient (Wildman–Crippen LogP) is 6.63. The maximum Gasteiger partial charge on any atom is 0.119 e.